The van der Waals surface area contributed by atoms with Crippen LogP contribution in [0.5, 0.6) is 0 Å². The molecule has 0 amide bonds. The fourth-order valence-electron chi connectivity index (χ4n) is 0.687. The van der Waals surface area contributed by atoms with E-state index in [1.807, 2.05) is 0 Å². The Morgan fingerprint density at radius 3 is 2.60 bits per heavy atom. The topological polar surface area (TPSA) is 17.1 Å². The fraction of sp³-hybridized carbons (Fsp3) is 0.857. The molecule has 0 rings (SSSR count). The van der Waals surface area contributed by atoms with Crippen molar-refractivity contribution in [2.24, 2.45) is 0 Å². The van der Waals surface area contributed by atoms with Crippen LogP contribution in [0.2, 0.25) is 0 Å². The van der Waals surface area contributed by atoms with Crippen LogP contribution in [0.4, 0.5) is 0 Å². The summed E-state index contributed by atoms with van der Waals surface area (Å²) in [6, 6.07) is 0. The average molecular weight is 228 g/mol. The molecule has 0 N–H and O–H groups in total. The van der Waals surface area contributed by atoms with Crippen molar-refractivity contribution in [1.29, 1.82) is 0 Å². The van der Waals surface area contributed by atoms with Gasteiger partial charge < -0.3 is 0 Å². The molecule has 0 saturated carbocycles. The Labute approximate surface area is 75.3 Å². The third kappa shape index (κ3) is 5.24. The molecule has 1 atom stereocenters. The summed E-state index contributed by atoms with van der Waals surface area (Å²) in [5.41, 5.74) is 0. The van der Waals surface area contributed by atoms with Gasteiger partial charge in [0.25, 0.3) is 0 Å². The molecule has 0 aliphatic heterocycles. The van der Waals surface area contributed by atoms with E-state index in [1.165, 1.54) is 12.8 Å². The van der Waals surface area contributed by atoms with Crippen molar-refractivity contribution in [3.05, 3.63) is 0 Å². The van der Waals surface area contributed by atoms with Gasteiger partial charge in [-0.3, -0.25) is 4.79 Å². The minimum absolute atomic E-state index is 0.138. The Kier molecular flexibility index (Phi) is 6.44. The molecule has 0 radical (unpaired) electrons. The van der Waals surface area contributed by atoms with Gasteiger partial charge in [-0.05, 0) is 18.0 Å². The molecule has 0 bridgehead atoms. The highest BCUT2D eigenvalue weighted by Gasteiger charge is 2.09. The van der Waals surface area contributed by atoms with E-state index in [0.717, 1.165) is 12.8 Å². The molecule has 60 valence electrons. The van der Waals surface area contributed by atoms with Crippen molar-refractivity contribution in [2.45, 2.75) is 37.4 Å². The van der Waals surface area contributed by atoms with Gasteiger partial charge in [0.05, 0.1) is 4.83 Å². The summed E-state index contributed by atoms with van der Waals surface area (Å²) < 4.78 is 0. The summed E-state index contributed by atoms with van der Waals surface area (Å²) in [6.45, 7) is 2.13. The standard InChI is InChI=1S/C7H12BrClO/c1-2-3-4-5-6(8)7(9)10/h6H,2-5H2,1H3/t6-/m0/s1. The van der Waals surface area contributed by atoms with Crippen LogP contribution in [-0.2, 0) is 4.79 Å². The summed E-state index contributed by atoms with van der Waals surface area (Å²) in [5, 5.41) is -0.281. The third-order valence-electron chi connectivity index (χ3n) is 1.31. The van der Waals surface area contributed by atoms with Gasteiger partial charge in [0.2, 0.25) is 5.24 Å². The molecule has 0 unspecified atom stereocenters. The smallest absolute Gasteiger partial charge is 0.235 e. The first-order valence-electron chi connectivity index (χ1n) is 3.52. The minimum Gasteiger partial charge on any atom is -0.280 e. The van der Waals surface area contributed by atoms with Crippen LogP contribution in [0.25, 0.3) is 0 Å². The van der Waals surface area contributed by atoms with Crippen LogP contribution in [-0.4, -0.2) is 10.1 Å². The SMILES string of the molecule is CCCCC[C@H](Br)C(=O)Cl. The van der Waals surface area contributed by atoms with E-state index in [9.17, 15) is 4.79 Å². The number of hydrogen-bond donors (Lipinski definition) is 0. The molecule has 0 spiro atoms. The van der Waals surface area contributed by atoms with Crippen LogP contribution < -0.4 is 0 Å². The predicted octanol–water partition coefficient (Wildman–Crippen LogP) is 3.10. The van der Waals surface area contributed by atoms with Gasteiger partial charge in [0.1, 0.15) is 0 Å². The first-order valence-corrected chi connectivity index (χ1v) is 4.81. The molecular formula is C7H12BrClO. The lowest BCUT2D eigenvalue weighted by molar-refractivity contribution is -0.111. The van der Waals surface area contributed by atoms with Crippen LogP contribution in [0.15, 0.2) is 0 Å². The zero-order valence-electron chi connectivity index (χ0n) is 6.07. The monoisotopic (exact) mass is 226 g/mol. The molecule has 10 heavy (non-hydrogen) atoms. The van der Waals surface area contributed by atoms with Gasteiger partial charge in [-0.2, -0.15) is 0 Å². The summed E-state index contributed by atoms with van der Waals surface area (Å²) in [7, 11) is 0. The Morgan fingerprint density at radius 1 is 1.60 bits per heavy atom. The number of alkyl halides is 1. The van der Waals surface area contributed by atoms with E-state index in [4.69, 9.17) is 11.6 Å². The zero-order chi connectivity index (χ0) is 7.98. The second-order valence-corrected chi connectivity index (χ2v) is 3.75. The van der Waals surface area contributed by atoms with Gasteiger partial charge in [-0.25, -0.2) is 0 Å². The highest BCUT2D eigenvalue weighted by Crippen LogP contribution is 2.13. The molecule has 3 heteroatoms. The van der Waals surface area contributed by atoms with Crippen molar-refractivity contribution < 1.29 is 4.79 Å². The highest BCUT2D eigenvalue weighted by atomic mass is 79.9. The van der Waals surface area contributed by atoms with Crippen molar-refractivity contribution in [1.82, 2.24) is 0 Å². The van der Waals surface area contributed by atoms with Gasteiger partial charge in [0, 0.05) is 0 Å². The molecule has 1 nitrogen and oxygen atoms in total. The molecule has 0 heterocycles. The second kappa shape index (κ2) is 6.17. The highest BCUT2D eigenvalue weighted by molar-refractivity contribution is 9.10. The maximum Gasteiger partial charge on any atom is 0.235 e. The Bertz CT molecular complexity index is 106. The van der Waals surface area contributed by atoms with Crippen LogP contribution in [0.1, 0.15) is 32.6 Å². The molecule has 0 aliphatic rings. The third-order valence-corrected chi connectivity index (χ3v) is 2.71. The Hall–Kier alpha value is 0.440. The molecule has 0 saturated heterocycles. The summed E-state index contributed by atoms with van der Waals surface area (Å²) in [5.74, 6) is 0. The number of carbonyl (C=O) groups excluding carboxylic acids is 1. The average Bonchev–Trinajstić information content (AvgIpc) is 1.88. The van der Waals surface area contributed by atoms with Gasteiger partial charge in [0.15, 0.2) is 0 Å². The lowest BCUT2D eigenvalue weighted by Crippen LogP contribution is -2.05. The van der Waals surface area contributed by atoms with Crippen molar-refractivity contribution in [3.8, 4) is 0 Å². The van der Waals surface area contributed by atoms with E-state index >= 15 is 0 Å². The molecular weight excluding hydrogens is 215 g/mol. The number of halogens is 2. The molecule has 0 fully saturated rings. The molecule has 0 aromatic heterocycles. The second-order valence-electron chi connectivity index (χ2n) is 2.27. The van der Waals surface area contributed by atoms with E-state index in [0.29, 0.717) is 0 Å². The lowest BCUT2D eigenvalue weighted by Gasteiger charge is -2.01. The first-order chi connectivity index (χ1) is 4.68. The van der Waals surface area contributed by atoms with E-state index in [2.05, 4.69) is 22.9 Å². The Morgan fingerprint density at radius 2 is 2.20 bits per heavy atom. The minimum atomic E-state index is -0.281. The fourth-order valence-corrected chi connectivity index (χ4v) is 1.12. The van der Waals surface area contributed by atoms with Gasteiger partial charge >= 0.3 is 0 Å². The van der Waals surface area contributed by atoms with Gasteiger partial charge in [-0.15, -0.1) is 0 Å². The largest absolute Gasteiger partial charge is 0.280 e. The zero-order valence-corrected chi connectivity index (χ0v) is 8.41. The first kappa shape index (κ1) is 10.4. The number of rotatable bonds is 5. The molecule has 0 aliphatic carbocycles. The number of hydrogen-bond acceptors (Lipinski definition) is 1. The van der Waals surface area contributed by atoms with Gasteiger partial charge in [-0.1, -0.05) is 42.1 Å². The molecule has 0 aromatic rings. The van der Waals surface area contributed by atoms with Crippen LogP contribution in [0.3, 0.4) is 0 Å². The van der Waals surface area contributed by atoms with E-state index < -0.39 is 0 Å². The normalized spacial score (nSPS) is 13.1. The quantitative estimate of drug-likeness (QED) is 0.401. The maximum absolute atomic E-state index is 10.5. The maximum atomic E-state index is 10.5. The van der Waals surface area contributed by atoms with Crippen LogP contribution >= 0.6 is 27.5 Å². The van der Waals surface area contributed by atoms with E-state index in [1.54, 1.807) is 0 Å². The van der Waals surface area contributed by atoms with Crippen molar-refractivity contribution >= 4 is 32.8 Å². The Balaban J connectivity index is 3.21. The molecule has 0 aromatic carbocycles. The predicted molar refractivity (Wildman–Crippen MR) is 47.7 cm³/mol. The van der Waals surface area contributed by atoms with Crippen molar-refractivity contribution in [2.75, 3.05) is 0 Å². The summed E-state index contributed by atoms with van der Waals surface area (Å²) in [6.07, 6.45) is 4.28. The van der Waals surface area contributed by atoms with E-state index in [-0.39, 0.29) is 10.1 Å². The number of unbranched alkanes of at least 4 members (excludes halogenated alkanes) is 2. The van der Waals surface area contributed by atoms with Crippen molar-refractivity contribution in [3.63, 3.8) is 0 Å². The summed E-state index contributed by atoms with van der Waals surface area (Å²) >= 11 is 8.41. The lowest BCUT2D eigenvalue weighted by atomic mass is 10.2. The van der Waals surface area contributed by atoms with Crippen LogP contribution in [0, 0.1) is 0 Å². The summed E-state index contributed by atoms with van der Waals surface area (Å²) in [4.78, 5) is 10.3. The number of carbonyl (C=O) groups is 1.